The molecule has 8 atom stereocenters. The Morgan fingerprint density at radius 2 is 1.10 bits per heavy atom. The molecule has 0 radical (unpaired) electrons. The summed E-state index contributed by atoms with van der Waals surface area (Å²) in [5, 5.41) is 137. The third-order valence-electron chi connectivity index (χ3n) is 11.2. The van der Waals surface area contributed by atoms with Gasteiger partial charge in [-0.2, -0.15) is 0 Å². The number of phenols is 11. The van der Waals surface area contributed by atoms with Crippen LogP contribution in [0.25, 0.3) is 11.1 Å². The summed E-state index contributed by atoms with van der Waals surface area (Å²) >= 11 is 0. The van der Waals surface area contributed by atoms with E-state index in [0.29, 0.717) is 30.3 Å². The van der Waals surface area contributed by atoms with Crippen molar-refractivity contribution in [2.24, 2.45) is 5.92 Å². The number of carboxylic acids is 1. The van der Waals surface area contributed by atoms with Crippen molar-refractivity contribution in [3.05, 3.63) is 58.1 Å². The van der Waals surface area contributed by atoms with Gasteiger partial charge in [-0.1, -0.05) is 0 Å². The van der Waals surface area contributed by atoms with Gasteiger partial charge in [0.1, 0.15) is 12.7 Å². The van der Waals surface area contributed by atoms with Crippen LogP contribution in [0.15, 0.2) is 30.3 Å². The van der Waals surface area contributed by atoms with Crippen LogP contribution >= 0.6 is 0 Å². The first-order chi connectivity index (χ1) is 32.0. The molecule has 0 spiro atoms. The molecule has 27 nitrogen and oxygen atoms in total. The number of phenolic OH excluding ortho intramolecular Hbond substituents is 11. The molecule has 356 valence electrons. The Bertz CT molecular complexity index is 2900. The van der Waals surface area contributed by atoms with Crippen molar-refractivity contribution >= 4 is 41.8 Å². The van der Waals surface area contributed by atoms with Crippen molar-refractivity contribution in [3.8, 4) is 80.1 Å². The van der Waals surface area contributed by atoms with Gasteiger partial charge in [-0.15, -0.1) is 0 Å². The van der Waals surface area contributed by atoms with Crippen LogP contribution in [0.4, 0.5) is 0 Å². The van der Waals surface area contributed by atoms with Crippen molar-refractivity contribution in [2.45, 2.75) is 49.1 Å². The molecule has 0 saturated carbocycles. The van der Waals surface area contributed by atoms with Crippen LogP contribution in [0.5, 0.6) is 69.0 Å². The molecule has 4 aliphatic rings. The van der Waals surface area contributed by atoms with Crippen LogP contribution in [0.1, 0.15) is 59.3 Å². The van der Waals surface area contributed by atoms with Crippen molar-refractivity contribution in [3.63, 3.8) is 0 Å². The fraction of sp³-hybridized carbons (Fsp3) is 0.244. The second-order valence-corrected chi connectivity index (χ2v) is 15.2. The molecule has 0 amide bonds. The van der Waals surface area contributed by atoms with Crippen LogP contribution in [0, 0.1) is 5.92 Å². The predicted molar refractivity (Wildman–Crippen MR) is 206 cm³/mol. The Morgan fingerprint density at radius 3 is 1.69 bits per heavy atom. The number of carbonyl (C=O) groups excluding carboxylic acids is 6. The van der Waals surface area contributed by atoms with E-state index in [-0.39, 0.29) is 0 Å². The lowest BCUT2D eigenvalue weighted by molar-refractivity contribution is -0.287. The summed E-state index contributed by atoms with van der Waals surface area (Å²) in [7, 11) is 0. The summed E-state index contributed by atoms with van der Waals surface area (Å²) in [4.78, 5) is 96.8. The number of hydrogen-bond donors (Lipinski definition) is 13. The SMILES string of the molecule is O=C(O)C[C@@H]1C(=O)O[C@@H]2[C@H]3OC(=O)c4cc(O)c(O)c(O)c4-c4c(cc(O)c(O)c4O)C(=O)OC[C@H]2O[C@H](OC(=O)c2cc(O)c(O)c(O)c2)[C@@H]3OC(=O)c2cc(O)c(O)c3c2[C@@H]1[C@H](O)C(=O)O3. The second kappa shape index (κ2) is 16.4. The van der Waals surface area contributed by atoms with Gasteiger partial charge in [0.05, 0.1) is 34.6 Å². The minimum absolute atomic E-state index is 0.361. The molecular formula is C41H30O27. The van der Waals surface area contributed by atoms with Gasteiger partial charge in [0, 0.05) is 22.6 Å². The maximum Gasteiger partial charge on any atom is 0.341 e. The molecule has 4 aromatic rings. The Labute approximate surface area is 374 Å². The third kappa shape index (κ3) is 7.31. The van der Waals surface area contributed by atoms with Crippen molar-refractivity contribution in [1.29, 1.82) is 0 Å². The van der Waals surface area contributed by atoms with Crippen LogP contribution in [0.2, 0.25) is 0 Å². The molecule has 27 heteroatoms. The van der Waals surface area contributed by atoms with E-state index in [0.717, 1.165) is 0 Å². The number of fused-ring (bicyclic) bond motifs is 3. The van der Waals surface area contributed by atoms with Gasteiger partial charge < -0.3 is 99.5 Å². The molecule has 4 heterocycles. The highest BCUT2D eigenvalue weighted by Crippen LogP contribution is 2.54. The van der Waals surface area contributed by atoms with Gasteiger partial charge >= 0.3 is 41.8 Å². The molecule has 4 bridgehead atoms. The molecule has 8 rings (SSSR count). The molecule has 4 aromatic carbocycles. The van der Waals surface area contributed by atoms with E-state index >= 15 is 0 Å². The van der Waals surface area contributed by atoms with E-state index in [4.69, 9.17) is 33.2 Å². The van der Waals surface area contributed by atoms with Crippen molar-refractivity contribution in [2.75, 3.05) is 6.61 Å². The Hall–Kier alpha value is -9.11. The fourth-order valence-corrected chi connectivity index (χ4v) is 8.04. The average molecular weight is 955 g/mol. The first-order valence-corrected chi connectivity index (χ1v) is 19.2. The highest BCUT2D eigenvalue weighted by Gasteiger charge is 2.58. The zero-order valence-electron chi connectivity index (χ0n) is 33.4. The molecule has 0 unspecified atom stereocenters. The van der Waals surface area contributed by atoms with E-state index in [1.807, 2.05) is 0 Å². The van der Waals surface area contributed by atoms with E-state index in [2.05, 4.69) is 0 Å². The van der Waals surface area contributed by atoms with E-state index in [1.54, 1.807) is 0 Å². The Morgan fingerprint density at radius 1 is 0.588 bits per heavy atom. The summed E-state index contributed by atoms with van der Waals surface area (Å²) in [6.45, 7) is -1.31. The molecule has 68 heavy (non-hydrogen) atoms. The van der Waals surface area contributed by atoms with Crippen LogP contribution in [0.3, 0.4) is 0 Å². The predicted octanol–water partition coefficient (Wildman–Crippen LogP) is -0.00170. The zero-order chi connectivity index (χ0) is 49.5. The number of aliphatic hydroxyl groups excluding tert-OH is 1. The van der Waals surface area contributed by atoms with Crippen molar-refractivity contribution in [1.82, 2.24) is 0 Å². The average Bonchev–Trinajstić information content (AvgIpc) is 3.28. The first kappa shape index (κ1) is 45.5. The maximum atomic E-state index is 14.6. The van der Waals surface area contributed by atoms with Gasteiger partial charge in [0.15, 0.2) is 70.1 Å². The summed E-state index contributed by atoms with van der Waals surface area (Å²) < 4.78 is 38.8. The fourth-order valence-electron chi connectivity index (χ4n) is 8.04. The van der Waals surface area contributed by atoms with Crippen LogP contribution in [-0.2, 0) is 42.8 Å². The standard InChI is InChI=1S/C41H30O27/c42-13-1-8(2-14(43)24(13)49)35(56)68-41-34-33-31(64-39(60)12(6-19(47)48)22-23-11(38(59)67-34)5-17(46)27(52)32(23)65-40(61)30(22)55)18(63-41)7-62-36(57)9-3-15(44)25(50)28(53)20(9)21-10(37(58)66-33)4-16(45)26(51)29(21)54/h1-5,12,18,22,30-31,33-34,41-46,49-55H,6-7H2,(H,47,48)/t12-,18+,22+,30-,31-,33+,34+,41+/m0/s1. The molecule has 13 N–H and O–H groups in total. The van der Waals surface area contributed by atoms with Gasteiger partial charge in [-0.05, 0) is 30.3 Å². The smallest absolute Gasteiger partial charge is 0.341 e. The van der Waals surface area contributed by atoms with Gasteiger partial charge in [0.2, 0.25) is 29.6 Å². The number of carboxylic acid groups (broad SMARTS) is 1. The molecule has 1 fully saturated rings. The largest absolute Gasteiger partial charge is 0.504 e. The van der Waals surface area contributed by atoms with E-state index < -0.39 is 211 Å². The summed E-state index contributed by atoms with van der Waals surface area (Å²) in [6.07, 6.45) is -16.3. The van der Waals surface area contributed by atoms with Crippen LogP contribution < -0.4 is 4.74 Å². The number of hydrogen-bond acceptors (Lipinski definition) is 26. The van der Waals surface area contributed by atoms with E-state index in [9.17, 15) is 99.9 Å². The highest BCUT2D eigenvalue weighted by molar-refractivity contribution is 6.08. The number of cyclic esters (lactones) is 1. The number of ether oxygens (including phenoxy) is 7. The van der Waals surface area contributed by atoms with Gasteiger partial charge in [-0.25, -0.2) is 24.0 Å². The normalized spacial score (nSPS) is 24.3. The third-order valence-corrected chi connectivity index (χ3v) is 11.2. The summed E-state index contributed by atoms with van der Waals surface area (Å²) in [6, 6.07) is 2.36. The number of rotatable bonds is 4. The highest BCUT2D eigenvalue weighted by atomic mass is 16.7. The molecule has 0 aromatic heterocycles. The Balaban J connectivity index is 1.39. The second-order valence-electron chi connectivity index (χ2n) is 15.2. The number of aliphatic hydroxyl groups is 1. The summed E-state index contributed by atoms with van der Waals surface area (Å²) in [5.74, 6) is -32.0. The molecule has 1 saturated heterocycles. The molecule has 0 aliphatic carbocycles. The summed E-state index contributed by atoms with van der Waals surface area (Å²) in [5.41, 5.74) is -7.08. The molecule has 4 aliphatic heterocycles. The van der Waals surface area contributed by atoms with Crippen LogP contribution in [-0.4, -0.2) is 152 Å². The number of aliphatic carboxylic acids is 1. The number of benzene rings is 4. The topological polar surface area (TPSA) is 447 Å². The first-order valence-electron chi connectivity index (χ1n) is 19.2. The number of carbonyl (C=O) groups is 7. The minimum Gasteiger partial charge on any atom is -0.504 e. The lowest BCUT2D eigenvalue weighted by Crippen LogP contribution is -2.63. The van der Waals surface area contributed by atoms with Crippen molar-refractivity contribution < 1.29 is 133 Å². The minimum atomic E-state index is -2.58. The number of esters is 6. The van der Waals surface area contributed by atoms with Gasteiger partial charge in [0.25, 0.3) is 0 Å². The lowest BCUT2D eigenvalue weighted by Gasteiger charge is -2.44. The van der Waals surface area contributed by atoms with Gasteiger partial charge in [-0.3, -0.25) is 9.59 Å². The van der Waals surface area contributed by atoms with E-state index in [1.165, 1.54) is 0 Å². The Kier molecular flexibility index (Phi) is 11.0. The zero-order valence-corrected chi connectivity index (χ0v) is 33.4. The molecular weight excluding hydrogens is 924 g/mol. The maximum absolute atomic E-state index is 14.6. The quantitative estimate of drug-likeness (QED) is 0.0554. The monoisotopic (exact) mass is 954 g/mol. The lowest BCUT2D eigenvalue weighted by atomic mass is 9.76. The number of aromatic hydroxyl groups is 11.